The second kappa shape index (κ2) is 7.73. The Labute approximate surface area is 131 Å². The van der Waals surface area contributed by atoms with Gasteiger partial charge in [0, 0.05) is 18.2 Å². The first-order valence-electron chi connectivity index (χ1n) is 7.41. The molecular weight excluding hydrogens is 276 g/mol. The molecule has 0 aliphatic heterocycles. The summed E-state index contributed by atoms with van der Waals surface area (Å²) in [6, 6.07) is 17.1. The number of carbonyl (C=O) groups is 1. The van der Waals surface area contributed by atoms with Crippen molar-refractivity contribution in [2.45, 2.75) is 25.5 Å². The van der Waals surface area contributed by atoms with Crippen molar-refractivity contribution in [1.29, 1.82) is 0 Å². The molecule has 0 heterocycles. The van der Waals surface area contributed by atoms with E-state index in [1.807, 2.05) is 42.5 Å². The van der Waals surface area contributed by atoms with Crippen LogP contribution in [0.5, 0.6) is 0 Å². The van der Waals surface area contributed by atoms with Gasteiger partial charge in [0.25, 0.3) is 0 Å². The highest BCUT2D eigenvalue weighted by atomic mass is 16.3. The highest BCUT2D eigenvalue weighted by Crippen LogP contribution is 2.12. The lowest BCUT2D eigenvalue weighted by Gasteiger charge is -2.17. The minimum atomic E-state index is -0.513. The Bertz CT molecular complexity index is 596. The number of nitrogens with one attached hydrogen (secondary N) is 1. The molecule has 1 amide bonds. The summed E-state index contributed by atoms with van der Waals surface area (Å²) in [6.07, 6.45) is 0.307. The molecule has 1 unspecified atom stereocenters. The summed E-state index contributed by atoms with van der Waals surface area (Å²) in [5, 5.41) is 13.4. The Morgan fingerprint density at radius 1 is 1.14 bits per heavy atom. The number of hydrogen-bond donors (Lipinski definition) is 3. The van der Waals surface area contributed by atoms with E-state index in [2.05, 4.69) is 12.2 Å². The van der Waals surface area contributed by atoms with Crippen molar-refractivity contribution in [1.82, 2.24) is 5.32 Å². The second-order valence-electron chi connectivity index (χ2n) is 5.50. The first-order valence-corrected chi connectivity index (χ1v) is 7.41. The van der Waals surface area contributed by atoms with Gasteiger partial charge in [-0.15, -0.1) is 0 Å². The average molecular weight is 298 g/mol. The van der Waals surface area contributed by atoms with Crippen LogP contribution in [0.1, 0.15) is 34.5 Å². The summed E-state index contributed by atoms with van der Waals surface area (Å²) in [4.78, 5) is 11.0. The topological polar surface area (TPSA) is 75.4 Å². The predicted octanol–water partition coefficient (Wildman–Crippen LogP) is 2.04. The molecule has 4 N–H and O–H groups in total. The number of aliphatic hydroxyl groups excluding tert-OH is 1. The SMILES string of the molecule is CC(Cc1ccc(C(N)=O)cc1)NC[C@H](O)c1ccccc1. The zero-order valence-corrected chi connectivity index (χ0v) is 12.7. The largest absolute Gasteiger partial charge is 0.387 e. The monoisotopic (exact) mass is 298 g/mol. The molecule has 0 aliphatic carbocycles. The zero-order valence-electron chi connectivity index (χ0n) is 12.7. The number of primary amides is 1. The number of aliphatic hydroxyl groups is 1. The van der Waals surface area contributed by atoms with Crippen LogP contribution in [0, 0.1) is 0 Å². The minimum Gasteiger partial charge on any atom is -0.387 e. The third kappa shape index (κ3) is 4.69. The first-order chi connectivity index (χ1) is 10.6. The second-order valence-corrected chi connectivity index (χ2v) is 5.50. The van der Waals surface area contributed by atoms with Crippen LogP contribution in [0.4, 0.5) is 0 Å². The van der Waals surface area contributed by atoms with Gasteiger partial charge in [0.05, 0.1) is 6.10 Å². The third-order valence-corrected chi connectivity index (χ3v) is 3.62. The first kappa shape index (κ1) is 16.2. The molecule has 2 rings (SSSR count). The average Bonchev–Trinajstić information content (AvgIpc) is 2.54. The molecule has 4 heteroatoms. The molecule has 2 aromatic carbocycles. The van der Waals surface area contributed by atoms with Gasteiger partial charge in [0.1, 0.15) is 0 Å². The summed E-state index contributed by atoms with van der Waals surface area (Å²) in [7, 11) is 0. The summed E-state index contributed by atoms with van der Waals surface area (Å²) >= 11 is 0. The van der Waals surface area contributed by atoms with E-state index in [-0.39, 0.29) is 6.04 Å². The normalized spacial score (nSPS) is 13.5. The van der Waals surface area contributed by atoms with Gasteiger partial charge in [-0.3, -0.25) is 4.79 Å². The number of rotatable bonds is 7. The molecule has 0 saturated carbocycles. The lowest BCUT2D eigenvalue weighted by Crippen LogP contribution is -2.32. The number of benzene rings is 2. The van der Waals surface area contributed by atoms with Crippen LogP contribution in [0.2, 0.25) is 0 Å². The maximum atomic E-state index is 11.0. The van der Waals surface area contributed by atoms with Crippen molar-refractivity contribution >= 4 is 5.91 Å². The van der Waals surface area contributed by atoms with Crippen LogP contribution in [0.25, 0.3) is 0 Å². The van der Waals surface area contributed by atoms with Gasteiger partial charge < -0.3 is 16.2 Å². The van der Waals surface area contributed by atoms with Crippen LogP contribution < -0.4 is 11.1 Å². The Balaban J connectivity index is 1.82. The van der Waals surface area contributed by atoms with E-state index in [0.29, 0.717) is 12.1 Å². The highest BCUT2D eigenvalue weighted by molar-refractivity contribution is 5.92. The van der Waals surface area contributed by atoms with Gasteiger partial charge in [-0.2, -0.15) is 0 Å². The van der Waals surface area contributed by atoms with Crippen molar-refractivity contribution in [2.24, 2.45) is 5.73 Å². The van der Waals surface area contributed by atoms with E-state index in [0.717, 1.165) is 17.5 Å². The number of hydrogen-bond acceptors (Lipinski definition) is 3. The molecule has 4 nitrogen and oxygen atoms in total. The Hall–Kier alpha value is -2.17. The molecule has 22 heavy (non-hydrogen) atoms. The molecule has 0 fully saturated rings. The number of nitrogens with two attached hydrogens (primary N) is 1. The fourth-order valence-corrected chi connectivity index (χ4v) is 2.34. The van der Waals surface area contributed by atoms with Gasteiger partial charge >= 0.3 is 0 Å². The van der Waals surface area contributed by atoms with Gasteiger partial charge in [0.15, 0.2) is 0 Å². The smallest absolute Gasteiger partial charge is 0.248 e. The molecule has 116 valence electrons. The maximum Gasteiger partial charge on any atom is 0.248 e. The van der Waals surface area contributed by atoms with E-state index in [4.69, 9.17) is 5.73 Å². The Morgan fingerprint density at radius 3 is 2.36 bits per heavy atom. The molecule has 0 bridgehead atoms. The standard InChI is InChI=1S/C18H22N2O2/c1-13(11-14-7-9-16(10-8-14)18(19)22)20-12-17(21)15-5-3-2-4-6-15/h2-10,13,17,20-21H,11-12H2,1H3,(H2,19,22)/t13?,17-/m0/s1. The van der Waals surface area contributed by atoms with Gasteiger partial charge in [0.2, 0.25) is 5.91 Å². The van der Waals surface area contributed by atoms with E-state index in [1.165, 1.54) is 0 Å². The highest BCUT2D eigenvalue weighted by Gasteiger charge is 2.09. The predicted molar refractivity (Wildman–Crippen MR) is 87.5 cm³/mol. The van der Waals surface area contributed by atoms with Crippen LogP contribution in [0.15, 0.2) is 54.6 Å². The van der Waals surface area contributed by atoms with Crippen LogP contribution in [0.3, 0.4) is 0 Å². The lowest BCUT2D eigenvalue weighted by atomic mass is 10.0. The summed E-state index contributed by atoms with van der Waals surface area (Å²) in [6.45, 7) is 2.57. The lowest BCUT2D eigenvalue weighted by molar-refractivity contribution is 0.100. The Morgan fingerprint density at radius 2 is 1.77 bits per heavy atom. The van der Waals surface area contributed by atoms with Crippen molar-refractivity contribution in [2.75, 3.05) is 6.54 Å². The molecule has 0 aliphatic rings. The van der Waals surface area contributed by atoms with Crippen molar-refractivity contribution < 1.29 is 9.90 Å². The van der Waals surface area contributed by atoms with E-state index in [9.17, 15) is 9.90 Å². The molecule has 0 saturated heterocycles. The van der Waals surface area contributed by atoms with Crippen molar-refractivity contribution in [3.05, 3.63) is 71.3 Å². The number of amides is 1. The van der Waals surface area contributed by atoms with Crippen molar-refractivity contribution in [3.8, 4) is 0 Å². The third-order valence-electron chi connectivity index (χ3n) is 3.62. The summed E-state index contributed by atoms with van der Waals surface area (Å²) < 4.78 is 0. The molecule has 2 atom stereocenters. The van der Waals surface area contributed by atoms with E-state index in [1.54, 1.807) is 12.1 Å². The Kier molecular flexibility index (Phi) is 5.69. The summed E-state index contributed by atoms with van der Waals surface area (Å²) in [5.74, 6) is -0.413. The fraction of sp³-hybridized carbons (Fsp3) is 0.278. The molecule has 0 spiro atoms. The maximum absolute atomic E-state index is 11.0. The molecular formula is C18H22N2O2. The molecule has 0 radical (unpaired) electrons. The van der Waals surface area contributed by atoms with Gasteiger partial charge in [-0.05, 0) is 36.6 Å². The minimum absolute atomic E-state index is 0.220. The van der Waals surface area contributed by atoms with Crippen LogP contribution in [-0.4, -0.2) is 23.6 Å². The van der Waals surface area contributed by atoms with E-state index >= 15 is 0 Å². The molecule has 0 aromatic heterocycles. The number of carbonyl (C=O) groups excluding carboxylic acids is 1. The van der Waals surface area contributed by atoms with E-state index < -0.39 is 12.0 Å². The fourth-order valence-electron chi connectivity index (χ4n) is 2.34. The van der Waals surface area contributed by atoms with Crippen LogP contribution >= 0.6 is 0 Å². The van der Waals surface area contributed by atoms with Crippen LogP contribution in [-0.2, 0) is 6.42 Å². The zero-order chi connectivity index (χ0) is 15.9. The summed E-state index contributed by atoms with van der Waals surface area (Å²) in [5.41, 5.74) is 7.77. The van der Waals surface area contributed by atoms with Crippen molar-refractivity contribution in [3.63, 3.8) is 0 Å². The van der Waals surface area contributed by atoms with Gasteiger partial charge in [-0.25, -0.2) is 0 Å². The van der Waals surface area contributed by atoms with Gasteiger partial charge in [-0.1, -0.05) is 42.5 Å². The molecule has 2 aromatic rings. The quantitative estimate of drug-likeness (QED) is 0.732.